The summed E-state index contributed by atoms with van der Waals surface area (Å²) in [5.74, 6) is -1.37. The van der Waals surface area contributed by atoms with E-state index in [0.717, 1.165) is 37.4 Å². The number of aliphatic hydroxyl groups is 1. The molecule has 7 nitrogen and oxygen atoms in total. The molecular formula is C17H23N3O4. The second-order valence-corrected chi connectivity index (χ2v) is 6.39. The number of amides is 1. The number of hydrogen-bond donors (Lipinski definition) is 1. The van der Waals surface area contributed by atoms with E-state index in [1.54, 1.807) is 4.90 Å². The number of fused-ring (bicyclic) bond motifs is 2. The minimum atomic E-state index is -1.24. The molecule has 24 heavy (non-hydrogen) atoms. The fourth-order valence-electron chi connectivity index (χ4n) is 3.72. The van der Waals surface area contributed by atoms with Crippen LogP contribution in [-0.4, -0.2) is 80.0 Å². The summed E-state index contributed by atoms with van der Waals surface area (Å²) in [6, 6.07) is 7.72. The zero-order chi connectivity index (χ0) is 16.6. The monoisotopic (exact) mass is 333 g/mol. The highest BCUT2D eigenvalue weighted by molar-refractivity contribution is 6.06. The molecule has 0 bridgehead atoms. The van der Waals surface area contributed by atoms with E-state index in [2.05, 4.69) is 9.80 Å². The van der Waals surface area contributed by atoms with Crippen LogP contribution in [0.15, 0.2) is 24.3 Å². The predicted octanol–water partition coefficient (Wildman–Crippen LogP) is -0.200. The van der Waals surface area contributed by atoms with Gasteiger partial charge in [-0.3, -0.25) is 19.5 Å². The Bertz CT molecular complexity index is 610. The van der Waals surface area contributed by atoms with Gasteiger partial charge in [-0.15, -0.1) is 0 Å². The van der Waals surface area contributed by atoms with Crippen LogP contribution < -0.4 is 4.90 Å². The topological polar surface area (TPSA) is 65.5 Å². The number of nitrogens with zero attached hydrogens (tertiary/aromatic N) is 3. The van der Waals surface area contributed by atoms with Crippen LogP contribution in [0.3, 0.4) is 0 Å². The number of carbonyl (C=O) groups is 1. The molecule has 0 saturated carbocycles. The molecule has 130 valence electrons. The first kappa shape index (κ1) is 16.0. The van der Waals surface area contributed by atoms with Crippen molar-refractivity contribution in [1.82, 2.24) is 9.80 Å². The highest BCUT2D eigenvalue weighted by atomic mass is 16.7. The van der Waals surface area contributed by atoms with E-state index >= 15 is 0 Å². The maximum absolute atomic E-state index is 13.0. The molecule has 1 spiro atoms. The molecule has 4 rings (SSSR count). The summed E-state index contributed by atoms with van der Waals surface area (Å²) in [6.45, 7) is 5.88. The Kier molecular flexibility index (Phi) is 4.28. The lowest BCUT2D eigenvalue weighted by Gasteiger charge is -2.36. The third-order valence-electron chi connectivity index (χ3n) is 4.99. The van der Waals surface area contributed by atoms with E-state index in [9.17, 15) is 4.79 Å². The van der Waals surface area contributed by atoms with Gasteiger partial charge in [-0.2, -0.15) is 0 Å². The molecule has 1 N–H and O–H groups in total. The first-order valence-electron chi connectivity index (χ1n) is 8.49. The number of β-amino-alcohol motifs (C(OH)–C–C–N with tert-alkyl or cyclic N) is 1. The van der Waals surface area contributed by atoms with Crippen LogP contribution in [0.25, 0.3) is 0 Å². The van der Waals surface area contributed by atoms with Gasteiger partial charge in [0.15, 0.2) is 0 Å². The lowest BCUT2D eigenvalue weighted by atomic mass is 10.1. The Balaban J connectivity index is 1.51. The Morgan fingerprint density at radius 1 is 1.04 bits per heavy atom. The van der Waals surface area contributed by atoms with Crippen LogP contribution in [0.5, 0.6) is 0 Å². The second-order valence-electron chi connectivity index (χ2n) is 6.39. The van der Waals surface area contributed by atoms with Crippen LogP contribution in [0.1, 0.15) is 5.56 Å². The molecule has 1 amide bonds. The number of rotatable bonds is 4. The van der Waals surface area contributed by atoms with Gasteiger partial charge < -0.3 is 14.6 Å². The van der Waals surface area contributed by atoms with Crippen molar-refractivity contribution in [2.45, 2.75) is 5.79 Å². The molecule has 1 aromatic rings. The zero-order valence-electron chi connectivity index (χ0n) is 13.7. The molecule has 3 heterocycles. The number of ether oxygens (including phenoxy) is 2. The Morgan fingerprint density at radius 3 is 2.42 bits per heavy atom. The Labute approximate surface area is 141 Å². The number of hydrogen-bond acceptors (Lipinski definition) is 6. The lowest BCUT2D eigenvalue weighted by Crippen LogP contribution is -2.52. The third-order valence-corrected chi connectivity index (χ3v) is 4.99. The number of piperazine rings is 1. The first-order valence-corrected chi connectivity index (χ1v) is 8.49. The van der Waals surface area contributed by atoms with Crippen molar-refractivity contribution in [2.75, 3.05) is 64.1 Å². The molecule has 1 aromatic carbocycles. The molecule has 2 fully saturated rings. The lowest BCUT2D eigenvalue weighted by molar-refractivity contribution is -0.181. The van der Waals surface area contributed by atoms with Crippen LogP contribution in [0.4, 0.5) is 5.69 Å². The normalized spacial score (nSPS) is 24.0. The van der Waals surface area contributed by atoms with Gasteiger partial charge in [0.25, 0.3) is 11.7 Å². The van der Waals surface area contributed by atoms with Gasteiger partial charge in [-0.05, 0) is 6.07 Å². The number of anilines is 1. The summed E-state index contributed by atoms with van der Waals surface area (Å²) in [5.41, 5.74) is 1.69. The van der Waals surface area contributed by atoms with Gasteiger partial charge >= 0.3 is 0 Å². The largest absolute Gasteiger partial charge is 0.395 e. The summed E-state index contributed by atoms with van der Waals surface area (Å²) in [5, 5.41) is 9.04. The zero-order valence-corrected chi connectivity index (χ0v) is 13.7. The molecule has 3 aliphatic rings. The van der Waals surface area contributed by atoms with Crippen molar-refractivity contribution < 1.29 is 19.4 Å². The molecule has 0 radical (unpaired) electrons. The molecule has 0 atom stereocenters. The van der Waals surface area contributed by atoms with E-state index in [1.807, 2.05) is 24.3 Å². The fourth-order valence-corrected chi connectivity index (χ4v) is 3.72. The number of carbonyl (C=O) groups excluding carboxylic acids is 1. The van der Waals surface area contributed by atoms with Crippen LogP contribution in [-0.2, 0) is 20.1 Å². The average Bonchev–Trinajstić information content (AvgIpc) is 3.19. The van der Waals surface area contributed by atoms with Crippen LogP contribution in [0.2, 0.25) is 0 Å². The highest BCUT2D eigenvalue weighted by Crippen LogP contribution is 2.45. The van der Waals surface area contributed by atoms with Gasteiger partial charge in [-0.25, -0.2) is 0 Å². The Morgan fingerprint density at radius 2 is 1.71 bits per heavy atom. The third kappa shape index (κ3) is 2.53. The van der Waals surface area contributed by atoms with E-state index in [-0.39, 0.29) is 12.5 Å². The molecule has 0 unspecified atom stereocenters. The van der Waals surface area contributed by atoms with Gasteiger partial charge in [-0.1, -0.05) is 18.2 Å². The molecule has 0 aliphatic carbocycles. The van der Waals surface area contributed by atoms with Gasteiger partial charge in [0.2, 0.25) is 0 Å². The second kappa shape index (κ2) is 6.42. The highest BCUT2D eigenvalue weighted by Gasteiger charge is 2.56. The summed E-state index contributed by atoms with van der Waals surface area (Å²) in [4.78, 5) is 19.3. The standard InChI is InChI=1S/C17H23N3O4/c21-10-9-18-5-7-19(8-6-18)13-20-15-4-2-1-3-14(15)17(16(20)22)23-11-12-24-17/h1-4,21H,5-13H2. The van der Waals surface area contributed by atoms with Gasteiger partial charge in [0.05, 0.1) is 32.2 Å². The van der Waals surface area contributed by atoms with Crippen LogP contribution >= 0.6 is 0 Å². The Hall–Kier alpha value is -1.51. The SMILES string of the molecule is O=C1N(CN2CCN(CCO)CC2)c2ccccc2C12OCCO2. The van der Waals surface area contributed by atoms with Crippen LogP contribution in [0, 0.1) is 0 Å². The molecule has 0 aromatic heterocycles. The van der Waals surface area contributed by atoms with Crippen molar-refractivity contribution in [2.24, 2.45) is 0 Å². The maximum atomic E-state index is 13.0. The minimum Gasteiger partial charge on any atom is -0.395 e. The number of aliphatic hydroxyl groups excluding tert-OH is 1. The summed E-state index contributed by atoms with van der Waals surface area (Å²) >= 11 is 0. The summed E-state index contributed by atoms with van der Waals surface area (Å²) in [6.07, 6.45) is 0. The fraction of sp³-hybridized carbons (Fsp3) is 0.588. The van der Waals surface area contributed by atoms with E-state index in [4.69, 9.17) is 14.6 Å². The van der Waals surface area contributed by atoms with Crippen molar-refractivity contribution in [3.63, 3.8) is 0 Å². The molecular weight excluding hydrogens is 310 g/mol. The number of benzene rings is 1. The minimum absolute atomic E-state index is 0.126. The van der Waals surface area contributed by atoms with E-state index < -0.39 is 5.79 Å². The van der Waals surface area contributed by atoms with Gasteiger partial charge in [0, 0.05) is 38.3 Å². The van der Waals surface area contributed by atoms with E-state index in [0.29, 0.717) is 26.4 Å². The smallest absolute Gasteiger partial charge is 0.293 e. The summed E-state index contributed by atoms with van der Waals surface area (Å²) < 4.78 is 11.5. The molecule has 3 aliphatic heterocycles. The van der Waals surface area contributed by atoms with Gasteiger partial charge in [0.1, 0.15) is 0 Å². The van der Waals surface area contributed by atoms with E-state index in [1.165, 1.54) is 0 Å². The van der Waals surface area contributed by atoms with Crippen molar-refractivity contribution in [3.8, 4) is 0 Å². The van der Waals surface area contributed by atoms with Crippen molar-refractivity contribution >= 4 is 11.6 Å². The molecule has 2 saturated heterocycles. The quantitative estimate of drug-likeness (QED) is 0.823. The van der Waals surface area contributed by atoms with Crippen molar-refractivity contribution in [3.05, 3.63) is 29.8 Å². The predicted molar refractivity (Wildman–Crippen MR) is 87.5 cm³/mol. The summed E-state index contributed by atoms with van der Waals surface area (Å²) in [7, 11) is 0. The molecule has 7 heteroatoms. The maximum Gasteiger partial charge on any atom is 0.293 e. The average molecular weight is 333 g/mol. The first-order chi connectivity index (χ1) is 11.7. The number of para-hydroxylation sites is 1. The van der Waals surface area contributed by atoms with Crippen molar-refractivity contribution in [1.29, 1.82) is 0 Å².